The van der Waals surface area contributed by atoms with E-state index < -0.39 is 10.0 Å². The minimum absolute atomic E-state index is 0.0766. The summed E-state index contributed by atoms with van der Waals surface area (Å²) in [5.74, 6) is 0. The zero-order valence-electron chi connectivity index (χ0n) is 10.5. The number of nitrogen functional groups attached to an aromatic ring is 1. The molecule has 5 nitrogen and oxygen atoms in total. The van der Waals surface area contributed by atoms with Gasteiger partial charge in [0.1, 0.15) is 11.0 Å². The molecule has 0 heterocycles. The van der Waals surface area contributed by atoms with Gasteiger partial charge in [0, 0.05) is 14.6 Å². The molecule has 108 valence electrons. The van der Waals surface area contributed by atoms with Gasteiger partial charge in [0.2, 0.25) is 0 Å². The van der Waals surface area contributed by atoms with Gasteiger partial charge in [-0.1, -0.05) is 12.1 Å². The van der Waals surface area contributed by atoms with Gasteiger partial charge >= 0.3 is 0 Å². The topological polar surface area (TPSA) is 96.0 Å². The van der Waals surface area contributed by atoms with Crippen LogP contribution in [0.1, 0.15) is 5.56 Å². The number of halogens is 2. The second-order valence-corrected chi connectivity index (χ2v) is 7.43. The number of nitrogens with zero attached hydrogens (tertiary/aromatic N) is 1. The van der Waals surface area contributed by atoms with Gasteiger partial charge in [-0.3, -0.25) is 4.72 Å². The van der Waals surface area contributed by atoms with Crippen LogP contribution in [0.15, 0.2) is 50.2 Å². The van der Waals surface area contributed by atoms with E-state index in [1.165, 1.54) is 12.1 Å². The Morgan fingerprint density at radius 3 is 2.29 bits per heavy atom. The molecule has 0 radical (unpaired) electrons. The molecule has 2 rings (SSSR count). The van der Waals surface area contributed by atoms with Crippen molar-refractivity contribution in [2.45, 2.75) is 4.90 Å². The van der Waals surface area contributed by atoms with Gasteiger partial charge in [0.15, 0.2) is 0 Å². The highest BCUT2D eigenvalue weighted by Crippen LogP contribution is 2.35. The first kappa shape index (κ1) is 15.8. The van der Waals surface area contributed by atoms with Crippen LogP contribution in [0.4, 0.5) is 11.4 Å². The number of hydrogen-bond donors (Lipinski definition) is 2. The van der Waals surface area contributed by atoms with E-state index >= 15 is 0 Å². The number of anilines is 2. The molecule has 0 saturated heterocycles. The number of nitrogens with one attached hydrogen (secondary N) is 1. The minimum atomic E-state index is -3.89. The Hall–Kier alpha value is -1.56. The van der Waals surface area contributed by atoms with Crippen LogP contribution >= 0.6 is 31.9 Å². The van der Waals surface area contributed by atoms with E-state index in [9.17, 15) is 8.42 Å². The van der Waals surface area contributed by atoms with Crippen LogP contribution in [0.5, 0.6) is 0 Å². The van der Waals surface area contributed by atoms with Crippen LogP contribution in [-0.4, -0.2) is 8.42 Å². The van der Waals surface area contributed by atoms with Gasteiger partial charge in [-0.25, -0.2) is 8.42 Å². The largest absolute Gasteiger partial charge is 0.399 e. The van der Waals surface area contributed by atoms with Gasteiger partial charge in [0.25, 0.3) is 10.0 Å². The zero-order valence-corrected chi connectivity index (χ0v) is 14.5. The quantitative estimate of drug-likeness (QED) is 0.728. The molecule has 0 aromatic heterocycles. The van der Waals surface area contributed by atoms with Crippen LogP contribution in [0, 0.1) is 11.3 Å². The van der Waals surface area contributed by atoms with Gasteiger partial charge in [-0.2, -0.15) is 5.26 Å². The summed E-state index contributed by atoms with van der Waals surface area (Å²) >= 11 is 6.51. The fourth-order valence-corrected chi connectivity index (χ4v) is 4.62. The second kappa shape index (κ2) is 6.05. The summed E-state index contributed by atoms with van der Waals surface area (Å²) in [6, 6.07) is 11.0. The van der Waals surface area contributed by atoms with Gasteiger partial charge in [-0.05, 0) is 56.1 Å². The number of hydrogen-bond acceptors (Lipinski definition) is 4. The highest BCUT2D eigenvalue weighted by atomic mass is 79.9. The predicted molar refractivity (Wildman–Crippen MR) is 88.2 cm³/mol. The Labute approximate surface area is 139 Å². The molecule has 0 unspecified atom stereocenters. The molecule has 0 spiro atoms. The van der Waals surface area contributed by atoms with Crippen LogP contribution in [0.3, 0.4) is 0 Å². The highest BCUT2D eigenvalue weighted by Gasteiger charge is 2.20. The summed E-state index contributed by atoms with van der Waals surface area (Å²) in [5.41, 5.74) is 6.54. The number of benzene rings is 2. The smallest absolute Gasteiger partial charge is 0.263 e. The molecule has 0 aliphatic rings. The number of sulfonamides is 1. The lowest BCUT2D eigenvalue weighted by atomic mass is 10.2. The van der Waals surface area contributed by atoms with E-state index in [0.717, 1.165) is 0 Å². The van der Waals surface area contributed by atoms with Crippen molar-refractivity contribution in [3.8, 4) is 6.07 Å². The SMILES string of the molecule is N#Cc1ccccc1S(=O)(=O)Nc1c(Br)cc(N)cc1Br. The highest BCUT2D eigenvalue weighted by molar-refractivity contribution is 9.11. The third kappa shape index (κ3) is 3.37. The third-order valence-electron chi connectivity index (χ3n) is 2.60. The lowest BCUT2D eigenvalue weighted by Gasteiger charge is -2.13. The Bertz CT molecular complexity index is 822. The molecule has 0 amide bonds. The van der Waals surface area contributed by atoms with Crippen molar-refractivity contribution >= 4 is 53.3 Å². The maximum absolute atomic E-state index is 12.4. The first-order valence-electron chi connectivity index (χ1n) is 5.61. The Balaban J connectivity index is 2.51. The van der Waals surface area contributed by atoms with Crippen LogP contribution in [0.25, 0.3) is 0 Å². The Kier molecular flexibility index (Phi) is 4.56. The number of nitrogens with two attached hydrogens (primary N) is 1. The van der Waals surface area contributed by atoms with E-state index in [-0.39, 0.29) is 10.5 Å². The lowest BCUT2D eigenvalue weighted by molar-refractivity contribution is 0.601. The molecule has 2 aromatic rings. The summed E-state index contributed by atoms with van der Waals surface area (Å²) in [5, 5.41) is 9.02. The average molecular weight is 431 g/mol. The monoisotopic (exact) mass is 429 g/mol. The van der Waals surface area contributed by atoms with Gasteiger partial charge in [0.05, 0.1) is 11.3 Å². The van der Waals surface area contributed by atoms with Crippen LogP contribution in [-0.2, 0) is 10.0 Å². The molecular formula is C13H9Br2N3O2S. The van der Waals surface area contributed by atoms with Crippen molar-refractivity contribution in [2.24, 2.45) is 0 Å². The molecular weight excluding hydrogens is 422 g/mol. The molecule has 3 N–H and O–H groups in total. The van der Waals surface area contributed by atoms with Crippen LogP contribution in [0.2, 0.25) is 0 Å². The lowest BCUT2D eigenvalue weighted by Crippen LogP contribution is -2.15. The molecule has 21 heavy (non-hydrogen) atoms. The van der Waals surface area contributed by atoms with Gasteiger partial charge in [-0.15, -0.1) is 0 Å². The standard InChI is InChI=1S/C13H9Br2N3O2S/c14-10-5-9(17)6-11(15)13(10)18-21(19,20)12-4-2-1-3-8(12)7-16/h1-6,18H,17H2. The molecule has 0 bridgehead atoms. The van der Waals surface area contributed by atoms with Crippen molar-refractivity contribution in [3.05, 3.63) is 50.9 Å². The molecule has 8 heteroatoms. The summed E-state index contributed by atoms with van der Waals surface area (Å²) in [4.78, 5) is -0.0804. The predicted octanol–water partition coefficient (Wildman–Crippen LogP) is 3.47. The minimum Gasteiger partial charge on any atom is -0.399 e. The number of rotatable bonds is 3. The van der Waals surface area contributed by atoms with Crippen molar-refractivity contribution in [1.29, 1.82) is 5.26 Å². The van der Waals surface area contributed by atoms with Crippen LogP contribution < -0.4 is 10.5 Å². The summed E-state index contributed by atoms with van der Waals surface area (Å²) in [6.07, 6.45) is 0. The molecule has 0 fully saturated rings. The van der Waals surface area contributed by atoms with Crippen molar-refractivity contribution in [2.75, 3.05) is 10.5 Å². The fourth-order valence-electron chi connectivity index (χ4n) is 1.67. The third-order valence-corrected chi connectivity index (χ3v) is 5.26. The van der Waals surface area contributed by atoms with Crippen molar-refractivity contribution < 1.29 is 8.42 Å². The maximum Gasteiger partial charge on any atom is 0.263 e. The fraction of sp³-hybridized carbons (Fsp3) is 0. The molecule has 0 aliphatic carbocycles. The maximum atomic E-state index is 12.4. The number of nitriles is 1. The Morgan fingerprint density at radius 1 is 1.14 bits per heavy atom. The Morgan fingerprint density at radius 2 is 1.71 bits per heavy atom. The first-order chi connectivity index (χ1) is 9.85. The van der Waals surface area contributed by atoms with Gasteiger partial charge < -0.3 is 5.73 Å². The summed E-state index contributed by atoms with van der Waals surface area (Å²) in [6.45, 7) is 0. The molecule has 0 aliphatic heterocycles. The van der Waals surface area contributed by atoms with E-state index in [0.29, 0.717) is 20.3 Å². The van der Waals surface area contributed by atoms with E-state index in [1.54, 1.807) is 24.3 Å². The second-order valence-electron chi connectivity index (χ2n) is 4.07. The summed E-state index contributed by atoms with van der Waals surface area (Å²) in [7, 11) is -3.89. The van der Waals surface area contributed by atoms with Crippen molar-refractivity contribution in [1.82, 2.24) is 0 Å². The summed E-state index contributed by atoms with van der Waals surface area (Å²) < 4.78 is 28.3. The first-order valence-corrected chi connectivity index (χ1v) is 8.68. The molecule has 0 atom stereocenters. The zero-order chi connectivity index (χ0) is 15.6. The van der Waals surface area contributed by atoms with E-state index in [4.69, 9.17) is 11.0 Å². The van der Waals surface area contributed by atoms with E-state index in [2.05, 4.69) is 36.6 Å². The molecule has 2 aromatic carbocycles. The average Bonchev–Trinajstić information content (AvgIpc) is 2.43. The van der Waals surface area contributed by atoms with E-state index in [1.807, 2.05) is 6.07 Å². The van der Waals surface area contributed by atoms with Crippen molar-refractivity contribution in [3.63, 3.8) is 0 Å². The normalized spacial score (nSPS) is 10.9. The molecule has 0 saturated carbocycles.